The molecule has 1 N–H and O–H groups in total. The molecule has 76 valence electrons. The van der Waals surface area contributed by atoms with Crippen LogP contribution in [-0.4, -0.2) is 17.2 Å². The van der Waals surface area contributed by atoms with Crippen LogP contribution < -0.4 is 4.74 Å². The second-order valence-electron chi connectivity index (χ2n) is 3.64. The average Bonchev–Trinajstić information content (AvgIpc) is 2.41. The number of hydrogen-bond donors (Lipinski definition) is 1. The van der Waals surface area contributed by atoms with Crippen molar-refractivity contribution in [2.45, 2.75) is 31.8 Å². The first-order valence-corrected chi connectivity index (χ1v) is 5.02. The molecule has 1 aliphatic rings. The molecule has 1 unspecified atom stereocenters. The molecule has 0 amide bonds. The van der Waals surface area contributed by atoms with Crippen LogP contribution >= 0.6 is 0 Å². The van der Waals surface area contributed by atoms with E-state index in [1.807, 2.05) is 6.07 Å². The molecule has 0 aliphatic heterocycles. The normalized spacial score (nSPS) is 21.1. The van der Waals surface area contributed by atoms with Gasteiger partial charge < -0.3 is 9.84 Å². The molecular weight excluding hydrogens is 178 g/mol. The highest BCUT2D eigenvalue weighted by atomic mass is 16.5. The van der Waals surface area contributed by atoms with Crippen molar-refractivity contribution in [2.75, 3.05) is 7.11 Å². The predicted octanol–water partition coefficient (Wildman–Crippen LogP) is 1.85. The maximum absolute atomic E-state index is 9.84. The molecule has 3 heteroatoms. The lowest BCUT2D eigenvalue weighted by Gasteiger charge is -2.12. The first-order valence-electron chi connectivity index (χ1n) is 5.02. The fourth-order valence-corrected chi connectivity index (χ4v) is 2.00. The number of hydrogen-bond acceptors (Lipinski definition) is 3. The van der Waals surface area contributed by atoms with Gasteiger partial charge in [0.1, 0.15) is 5.75 Å². The third kappa shape index (κ3) is 1.60. The van der Waals surface area contributed by atoms with Gasteiger partial charge in [0, 0.05) is 11.8 Å². The van der Waals surface area contributed by atoms with Crippen molar-refractivity contribution in [3.05, 3.63) is 23.5 Å². The lowest BCUT2D eigenvalue weighted by Crippen LogP contribution is -2.03. The van der Waals surface area contributed by atoms with E-state index in [0.29, 0.717) is 0 Å². The summed E-state index contributed by atoms with van der Waals surface area (Å²) in [5.41, 5.74) is 1.89. The summed E-state index contributed by atoms with van der Waals surface area (Å²) in [7, 11) is 1.66. The van der Waals surface area contributed by atoms with Gasteiger partial charge >= 0.3 is 0 Å². The first kappa shape index (κ1) is 9.46. The average molecular weight is 193 g/mol. The molecule has 0 fully saturated rings. The van der Waals surface area contributed by atoms with Gasteiger partial charge in [0.2, 0.25) is 0 Å². The largest absolute Gasteiger partial charge is 0.496 e. The van der Waals surface area contributed by atoms with Crippen molar-refractivity contribution in [3.63, 3.8) is 0 Å². The molecule has 0 saturated heterocycles. The summed E-state index contributed by atoms with van der Waals surface area (Å²) in [6.07, 6.45) is 5.22. The summed E-state index contributed by atoms with van der Waals surface area (Å²) in [6, 6.07) is 1.86. The Morgan fingerprint density at radius 2 is 2.36 bits per heavy atom. The van der Waals surface area contributed by atoms with Crippen molar-refractivity contribution < 1.29 is 9.84 Å². The molecule has 0 bridgehead atoms. The Morgan fingerprint density at radius 3 is 3.14 bits per heavy atom. The van der Waals surface area contributed by atoms with E-state index in [4.69, 9.17) is 4.74 Å². The van der Waals surface area contributed by atoms with Gasteiger partial charge in [-0.1, -0.05) is 6.42 Å². The summed E-state index contributed by atoms with van der Waals surface area (Å²) in [4.78, 5) is 4.24. The first-order chi connectivity index (χ1) is 6.83. The van der Waals surface area contributed by atoms with E-state index in [1.165, 1.54) is 0 Å². The van der Waals surface area contributed by atoms with Crippen LogP contribution in [0.3, 0.4) is 0 Å². The smallest absolute Gasteiger partial charge is 0.125 e. The zero-order valence-electron chi connectivity index (χ0n) is 8.36. The molecule has 0 spiro atoms. The molecule has 1 heterocycles. The Kier molecular flexibility index (Phi) is 2.68. The summed E-state index contributed by atoms with van der Waals surface area (Å²) >= 11 is 0. The Bertz CT molecular complexity index is 325. The SMILES string of the molecule is COc1ccnc2c1CCCCC2O. The molecule has 0 saturated carbocycles. The zero-order chi connectivity index (χ0) is 9.97. The Morgan fingerprint density at radius 1 is 1.50 bits per heavy atom. The van der Waals surface area contributed by atoms with Crippen LogP contribution in [-0.2, 0) is 6.42 Å². The lowest BCUT2D eigenvalue weighted by molar-refractivity contribution is 0.161. The lowest BCUT2D eigenvalue weighted by atomic mass is 10.1. The number of nitrogens with zero attached hydrogens (tertiary/aromatic N) is 1. The number of aliphatic hydroxyl groups is 1. The molecule has 1 aromatic heterocycles. The highest BCUT2D eigenvalue weighted by molar-refractivity contribution is 5.37. The van der Waals surface area contributed by atoms with Gasteiger partial charge in [0.25, 0.3) is 0 Å². The van der Waals surface area contributed by atoms with Gasteiger partial charge in [-0.25, -0.2) is 0 Å². The van der Waals surface area contributed by atoms with Crippen molar-refractivity contribution in [2.24, 2.45) is 0 Å². The van der Waals surface area contributed by atoms with Crippen LogP contribution in [0, 0.1) is 0 Å². The zero-order valence-corrected chi connectivity index (χ0v) is 8.36. The van der Waals surface area contributed by atoms with Gasteiger partial charge in [-0.05, 0) is 25.3 Å². The number of methoxy groups -OCH3 is 1. The van der Waals surface area contributed by atoms with Crippen molar-refractivity contribution in [1.29, 1.82) is 0 Å². The fraction of sp³-hybridized carbons (Fsp3) is 0.545. The van der Waals surface area contributed by atoms with Crippen LogP contribution in [0.5, 0.6) is 5.75 Å². The molecular formula is C11H15NO2. The monoisotopic (exact) mass is 193 g/mol. The summed E-state index contributed by atoms with van der Waals surface area (Å²) in [5.74, 6) is 0.857. The number of fused-ring (bicyclic) bond motifs is 1. The number of rotatable bonds is 1. The van der Waals surface area contributed by atoms with Gasteiger partial charge in [0.15, 0.2) is 0 Å². The summed E-state index contributed by atoms with van der Waals surface area (Å²) in [6.45, 7) is 0. The molecule has 1 aromatic rings. The Hall–Kier alpha value is -1.09. The van der Waals surface area contributed by atoms with Crippen LogP contribution in [0.2, 0.25) is 0 Å². The topological polar surface area (TPSA) is 42.4 Å². The van der Waals surface area contributed by atoms with E-state index < -0.39 is 6.10 Å². The van der Waals surface area contributed by atoms with E-state index >= 15 is 0 Å². The molecule has 0 radical (unpaired) electrons. The maximum Gasteiger partial charge on any atom is 0.125 e. The van der Waals surface area contributed by atoms with E-state index in [1.54, 1.807) is 13.3 Å². The third-order valence-electron chi connectivity index (χ3n) is 2.74. The number of pyridine rings is 1. The second kappa shape index (κ2) is 3.96. The Balaban J connectivity index is 2.46. The van der Waals surface area contributed by atoms with Crippen molar-refractivity contribution in [3.8, 4) is 5.75 Å². The van der Waals surface area contributed by atoms with E-state index in [0.717, 1.165) is 42.7 Å². The fourth-order valence-electron chi connectivity index (χ4n) is 2.00. The standard InChI is InChI=1S/C11H15NO2/c1-14-10-6-7-12-11-8(10)4-2-3-5-9(11)13/h6-7,9,13H,2-5H2,1H3. The minimum atomic E-state index is -0.414. The molecule has 2 rings (SSSR count). The number of aromatic nitrogens is 1. The van der Waals surface area contributed by atoms with Crippen LogP contribution in [0.4, 0.5) is 0 Å². The van der Waals surface area contributed by atoms with E-state index in [-0.39, 0.29) is 0 Å². The van der Waals surface area contributed by atoms with Crippen molar-refractivity contribution in [1.82, 2.24) is 4.98 Å². The minimum absolute atomic E-state index is 0.414. The molecule has 1 aliphatic carbocycles. The second-order valence-corrected chi connectivity index (χ2v) is 3.64. The minimum Gasteiger partial charge on any atom is -0.496 e. The third-order valence-corrected chi connectivity index (χ3v) is 2.74. The van der Waals surface area contributed by atoms with Crippen LogP contribution in [0.15, 0.2) is 12.3 Å². The molecule has 1 atom stereocenters. The quantitative estimate of drug-likeness (QED) is 0.692. The maximum atomic E-state index is 9.84. The van der Waals surface area contributed by atoms with Gasteiger partial charge in [-0.3, -0.25) is 4.98 Å². The highest BCUT2D eigenvalue weighted by Crippen LogP contribution is 2.32. The molecule has 0 aromatic carbocycles. The van der Waals surface area contributed by atoms with Gasteiger partial charge in [-0.2, -0.15) is 0 Å². The summed E-state index contributed by atoms with van der Waals surface area (Å²) in [5, 5.41) is 9.84. The summed E-state index contributed by atoms with van der Waals surface area (Å²) < 4.78 is 5.27. The highest BCUT2D eigenvalue weighted by Gasteiger charge is 2.20. The molecule has 3 nitrogen and oxygen atoms in total. The van der Waals surface area contributed by atoms with Gasteiger partial charge in [-0.15, -0.1) is 0 Å². The van der Waals surface area contributed by atoms with Crippen LogP contribution in [0.1, 0.15) is 36.6 Å². The number of ether oxygens (including phenoxy) is 1. The van der Waals surface area contributed by atoms with E-state index in [9.17, 15) is 5.11 Å². The van der Waals surface area contributed by atoms with Gasteiger partial charge in [0.05, 0.1) is 18.9 Å². The van der Waals surface area contributed by atoms with E-state index in [2.05, 4.69) is 4.98 Å². The van der Waals surface area contributed by atoms with Crippen LogP contribution in [0.25, 0.3) is 0 Å². The van der Waals surface area contributed by atoms with Crippen molar-refractivity contribution >= 4 is 0 Å². The Labute approximate surface area is 83.7 Å². The predicted molar refractivity (Wildman–Crippen MR) is 53.3 cm³/mol. The molecule has 14 heavy (non-hydrogen) atoms. The number of aliphatic hydroxyl groups excluding tert-OH is 1.